The first-order valence-corrected chi connectivity index (χ1v) is 4.86. The lowest BCUT2D eigenvalue weighted by Crippen LogP contribution is -2.17. The number of pyridine rings is 1. The fourth-order valence-electron chi connectivity index (χ4n) is 1.52. The maximum atomic E-state index is 6.04. The SMILES string of the molecule is NC(C1=CCCCO1)c1cccnc1. The van der Waals surface area contributed by atoms with Crippen molar-refractivity contribution in [3.63, 3.8) is 0 Å². The number of allylic oxidation sites excluding steroid dienone is 1. The van der Waals surface area contributed by atoms with Gasteiger partial charge in [-0.2, -0.15) is 0 Å². The molecule has 1 aliphatic heterocycles. The summed E-state index contributed by atoms with van der Waals surface area (Å²) in [6, 6.07) is 3.69. The van der Waals surface area contributed by atoms with E-state index in [9.17, 15) is 0 Å². The van der Waals surface area contributed by atoms with E-state index in [1.54, 1.807) is 12.4 Å². The van der Waals surface area contributed by atoms with Crippen molar-refractivity contribution in [1.29, 1.82) is 0 Å². The molecule has 0 fully saturated rings. The van der Waals surface area contributed by atoms with Crippen LogP contribution in [0, 0.1) is 0 Å². The van der Waals surface area contributed by atoms with Crippen molar-refractivity contribution in [2.45, 2.75) is 18.9 Å². The molecule has 0 bridgehead atoms. The zero-order valence-corrected chi connectivity index (χ0v) is 8.02. The van der Waals surface area contributed by atoms with Crippen LogP contribution in [0.3, 0.4) is 0 Å². The Morgan fingerprint density at radius 3 is 3.07 bits per heavy atom. The summed E-state index contributed by atoms with van der Waals surface area (Å²) in [4.78, 5) is 4.04. The van der Waals surface area contributed by atoms with Gasteiger partial charge in [0.15, 0.2) is 0 Å². The zero-order chi connectivity index (χ0) is 9.80. The standard InChI is InChI=1S/C11H14N2O/c12-11(9-4-3-6-13-8-9)10-5-1-2-7-14-10/h3-6,8,11H,1-2,7,12H2. The summed E-state index contributed by atoms with van der Waals surface area (Å²) in [6.07, 6.45) is 7.74. The number of hydrogen-bond donors (Lipinski definition) is 1. The highest BCUT2D eigenvalue weighted by atomic mass is 16.5. The topological polar surface area (TPSA) is 48.1 Å². The zero-order valence-electron chi connectivity index (χ0n) is 8.02. The largest absolute Gasteiger partial charge is 0.496 e. The van der Waals surface area contributed by atoms with Gasteiger partial charge in [-0.15, -0.1) is 0 Å². The highest BCUT2D eigenvalue weighted by Crippen LogP contribution is 2.22. The van der Waals surface area contributed by atoms with Crippen molar-refractivity contribution in [2.24, 2.45) is 5.73 Å². The summed E-state index contributed by atoms with van der Waals surface area (Å²) in [5.41, 5.74) is 7.04. The van der Waals surface area contributed by atoms with Gasteiger partial charge in [-0.05, 0) is 30.5 Å². The molecule has 2 heterocycles. The smallest absolute Gasteiger partial charge is 0.113 e. The summed E-state index contributed by atoms with van der Waals surface area (Å²) in [5.74, 6) is 0.879. The summed E-state index contributed by atoms with van der Waals surface area (Å²) in [5, 5.41) is 0. The molecule has 1 aromatic heterocycles. The third-order valence-corrected chi connectivity index (χ3v) is 2.31. The average Bonchev–Trinajstić information content (AvgIpc) is 2.30. The van der Waals surface area contributed by atoms with Crippen molar-refractivity contribution in [1.82, 2.24) is 4.98 Å². The molecule has 3 heteroatoms. The van der Waals surface area contributed by atoms with Crippen LogP contribution in [0.25, 0.3) is 0 Å². The summed E-state index contributed by atoms with van der Waals surface area (Å²) in [6.45, 7) is 0.778. The fourth-order valence-corrected chi connectivity index (χ4v) is 1.52. The molecule has 0 aromatic carbocycles. The van der Waals surface area contributed by atoms with E-state index >= 15 is 0 Å². The molecular weight excluding hydrogens is 176 g/mol. The van der Waals surface area contributed by atoms with Crippen LogP contribution in [-0.2, 0) is 4.74 Å². The molecule has 1 unspecified atom stereocenters. The number of ether oxygens (including phenoxy) is 1. The van der Waals surface area contributed by atoms with Gasteiger partial charge in [0.05, 0.1) is 12.6 Å². The van der Waals surface area contributed by atoms with Crippen LogP contribution in [0.4, 0.5) is 0 Å². The van der Waals surface area contributed by atoms with E-state index in [1.807, 2.05) is 12.1 Å². The van der Waals surface area contributed by atoms with Crippen molar-refractivity contribution in [3.8, 4) is 0 Å². The minimum atomic E-state index is -0.163. The van der Waals surface area contributed by atoms with Crippen molar-refractivity contribution in [3.05, 3.63) is 41.9 Å². The van der Waals surface area contributed by atoms with E-state index < -0.39 is 0 Å². The lowest BCUT2D eigenvalue weighted by atomic mass is 10.1. The monoisotopic (exact) mass is 190 g/mol. The van der Waals surface area contributed by atoms with Gasteiger partial charge in [0.25, 0.3) is 0 Å². The van der Waals surface area contributed by atoms with Crippen molar-refractivity contribution >= 4 is 0 Å². The minimum absolute atomic E-state index is 0.163. The average molecular weight is 190 g/mol. The molecule has 74 valence electrons. The predicted octanol–water partition coefficient (Wildman–Crippen LogP) is 1.78. The van der Waals surface area contributed by atoms with Crippen molar-refractivity contribution in [2.75, 3.05) is 6.61 Å². The molecule has 1 aromatic rings. The molecule has 1 atom stereocenters. The van der Waals surface area contributed by atoms with Gasteiger partial charge in [-0.3, -0.25) is 4.98 Å². The van der Waals surface area contributed by atoms with Crippen molar-refractivity contribution < 1.29 is 4.74 Å². The minimum Gasteiger partial charge on any atom is -0.496 e. The van der Waals surface area contributed by atoms with Crippen LogP contribution < -0.4 is 5.73 Å². The molecular formula is C11H14N2O. The Hall–Kier alpha value is -1.35. The molecule has 0 amide bonds. The van der Waals surface area contributed by atoms with Gasteiger partial charge < -0.3 is 10.5 Å². The van der Waals surface area contributed by atoms with Gasteiger partial charge in [0.1, 0.15) is 5.76 Å². The van der Waals surface area contributed by atoms with E-state index in [0.29, 0.717) is 0 Å². The van der Waals surface area contributed by atoms with Gasteiger partial charge in [0.2, 0.25) is 0 Å². The summed E-state index contributed by atoms with van der Waals surface area (Å²) >= 11 is 0. The number of rotatable bonds is 2. The Kier molecular flexibility index (Phi) is 2.79. The number of aromatic nitrogens is 1. The van der Waals surface area contributed by atoms with E-state index in [2.05, 4.69) is 11.1 Å². The number of hydrogen-bond acceptors (Lipinski definition) is 3. The predicted molar refractivity (Wildman–Crippen MR) is 54.4 cm³/mol. The highest BCUT2D eigenvalue weighted by molar-refractivity contribution is 5.22. The molecule has 0 saturated carbocycles. The van der Waals surface area contributed by atoms with Crippen LogP contribution in [0.2, 0.25) is 0 Å². The number of nitrogens with two attached hydrogens (primary N) is 1. The quantitative estimate of drug-likeness (QED) is 0.773. The molecule has 0 radical (unpaired) electrons. The third kappa shape index (κ3) is 1.93. The normalized spacial score (nSPS) is 18.2. The molecule has 14 heavy (non-hydrogen) atoms. The second-order valence-electron chi connectivity index (χ2n) is 3.36. The highest BCUT2D eigenvalue weighted by Gasteiger charge is 2.15. The molecule has 0 saturated heterocycles. The van der Waals surface area contributed by atoms with Gasteiger partial charge in [-0.1, -0.05) is 6.07 Å². The Bertz CT molecular complexity index is 321. The first-order valence-electron chi connectivity index (χ1n) is 4.86. The van der Waals surface area contributed by atoms with Gasteiger partial charge >= 0.3 is 0 Å². The van der Waals surface area contributed by atoms with E-state index in [4.69, 9.17) is 10.5 Å². The summed E-state index contributed by atoms with van der Waals surface area (Å²) in [7, 11) is 0. The van der Waals surface area contributed by atoms with E-state index in [-0.39, 0.29) is 6.04 Å². The van der Waals surface area contributed by atoms with Gasteiger partial charge in [0, 0.05) is 12.4 Å². The van der Waals surface area contributed by atoms with Crippen LogP contribution in [0.1, 0.15) is 24.4 Å². The first-order chi connectivity index (χ1) is 6.88. The maximum Gasteiger partial charge on any atom is 0.113 e. The molecule has 2 N–H and O–H groups in total. The molecule has 0 spiro atoms. The third-order valence-electron chi connectivity index (χ3n) is 2.31. The molecule has 0 aliphatic carbocycles. The first kappa shape index (κ1) is 9.21. The Morgan fingerprint density at radius 1 is 1.50 bits per heavy atom. The summed E-state index contributed by atoms with van der Waals surface area (Å²) < 4.78 is 5.50. The second kappa shape index (κ2) is 4.24. The number of nitrogens with zero attached hydrogens (tertiary/aromatic N) is 1. The second-order valence-corrected chi connectivity index (χ2v) is 3.36. The molecule has 3 nitrogen and oxygen atoms in total. The van der Waals surface area contributed by atoms with Crippen LogP contribution in [-0.4, -0.2) is 11.6 Å². The van der Waals surface area contributed by atoms with Gasteiger partial charge in [-0.25, -0.2) is 0 Å². The Morgan fingerprint density at radius 2 is 2.43 bits per heavy atom. The fraction of sp³-hybridized carbons (Fsp3) is 0.364. The van der Waals surface area contributed by atoms with E-state index in [1.165, 1.54) is 0 Å². The van der Waals surface area contributed by atoms with E-state index in [0.717, 1.165) is 30.8 Å². The molecule has 1 aliphatic rings. The maximum absolute atomic E-state index is 6.04. The van der Waals surface area contributed by atoms with Crippen LogP contribution in [0.5, 0.6) is 0 Å². The lowest BCUT2D eigenvalue weighted by Gasteiger charge is -2.20. The van der Waals surface area contributed by atoms with Crippen LogP contribution in [0.15, 0.2) is 36.4 Å². The Balaban J connectivity index is 2.15. The Labute approximate surface area is 83.6 Å². The molecule has 2 rings (SSSR count). The van der Waals surface area contributed by atoms with Crippen LogP contribution >= 0.6 is 0 Å². The lowest BCUT2D eigenvalue weighted by molar-refractivity contribution is 0.176.